The van der Waals surface area contributed by atoms with Crippen LogP contribution in [-0.4, -0.2) is 50.0 Å². The van der Waals surface area contributed by atoms with E-state index in [1.54, 1.807) is 4.52 Å². The number of likely N-dealkylation sites (N-methyl/N-ethyl adjacent to an activating group) is 1. The maximum Gasteiger partial charge on any atom is 0.185 e. The number of anilines is 1. The molecule has 2 atom stereocenters. The van der Waals surface area contributed by atoms with E-state index < -0.39 is 0 Å². The molecule has 4 aromatic rings. The highest BCUT2D eigenvalue weighted by Crippen LogP contribution is 2.29. The Bertz CT molecular complexity index is 1140. The zero-order valence-electron chi connectivity index (χ0n) is 17.2. The first-order valence-electron chi connectivity index (χ1n) is 9.73. The number of aryl methyl sites for hydroxylation is 1. The fourth-order valence-electron chi connectivity index (χ4n) is 3.94. The lowest BCUT2D eigenvalue weighted by molar-refractivity contribution is 0.273. The molecule has 0 aliphatic heterocycles. The standard InChI is InChI=1S/C22H26N6O/c1-14(20(27(3)4)17-11-9-16(13-29)10-12-17)23-21-18-7-5-6-8-19(18)22-25-24-15(2)28(22)26-21/h5-12,14,20,29H,13H2,1-4H3,(H,23,26)/t14-,20+/m0/s1. The molecule has 2 aromatic carbocycles. The summed E-state index contributed by atoms with van der Waals surface area (Å²) in [6.07, 6.45) is 0. The lowest BCUT2D eigenvalue weighted by Gasteiger charge is -2.31. The van der Waals surface area contributed by atoms with Crippen molar-refractivity contribution in [3.05, 3.63) is 65.5 Å². The van der Waals surface area contributed by atoms with Crippen LogP contribution in [0.15, 0.2) is 48.5 Å². The maximum atomic E-state index is 9.33. The molecule has 2 heterocycles. The predicted octanol–water partition coefficient (Wildman–Crippen LogP) is 3.18. The number of hydrogen-bond donors (Lipinski definition) is 2. The summed E-state index contributed by atoms with van der Waals surface area (Å²) >= 11 is 0. The second-order valence-corrected chi connectivity index (χ2v) is 7.62. The van der Waals surface area contributed by atoms with Crippen LogP contribution in [0, 0.1) is 6.92 Å². The largest absolute Gasteiger partial charge is 0.392 e. The molecule has 0 amide bonds. The lowest BCUT2D eigenvalue weighted by Crippen LogP contribution is -2.34. The van der Waals surface area contributed by atoms with Crippen molar-refractivity contribution in [2.75, 3.05) is 19.4 Å². The Morgan fingerprint density at radius 1 is 1.03 bits per heavy atom. The number of aromatic nitrogens is 4. The van der Waals surface area contributed by atoms with Gasteiger partial charge in [-0.15, -0.1) is 15.3 Å². The van der Waals surface area contributed by atoms with E-state index in [0.29, 0.717) is 0 Å². The number of rotatable bonds is 6. The van der Waals surface area contributed by atoms with Crippen molar-refractivity contribution in [1.29, 1.82) is 0 Å². The number of benzene rings is 2. The third-order valence-corrected chi connectivity index (χ3v) is 5.32. The molecule has 4 rings (SSSR count). The maximum absolute atomic E-state index is 9.33. The third-order valence-electron chi connectivity index (χ3n) is 5.32. The second kappa shape index (κ2) is 7.77. The van der Waals surface area contributed by atoms with Crippen LogP contribution in [-0.2, 0) is 6.61 Å². The smallest absolute Gasteiger partial charge is 0.185 e. The summed E-state index contributed by atoms with van der Waals surface area (Å²) in [5.74, 6) is 1.56. The minimum atomic E-state index is 0.0505. The third kappa shape index (κ3) is 3.54. The van der Waals surface area contributed by atoms with Crippen LogP contribution in [0.3, 0.4) is 0 Å². The van der Waals surface area contributed by atoms with Gasteiger partial charge in [-0.05, 0) is 39.1 Å². The zero-order chi connectivity index (χ0) is 20.5. The van der Waals surface area contributed by atoms with Crippen LogP contribution in [0.2, 0.25) is 0 Å². The molecule has 0 radical (unpaired) electrons. The Morgan fingerprint density at radius 3 is 2.38 bits per heavy atom. The molecule has 2 aromatic heterocycles. The molecular weight excluding hydrogens is 364 g/mol. The SMILES string of the molecule is Cc1nnc2c3ccccc3c(N[C@@H](C)[C@H](c3ccc(CO)cc3)N(C)C)nn12. The van der Waals surface area contributed by atoms with E-state index >= 15 is 0 Å². The summed E-state index contributed by atoms with van der Waals surface area (Å²) in [6.45, 7) is 4.11. The molecule has 7 heteroatoms. The van der Waals surface area contributed by atoms with E-state index in [1.165, 1.54) is 5.56 Å². The van der Waals surface area contributed by atoms with Gasteiger partial charge in [0.05, 0.1) is 12.6 Å². The van der Waals surface area contributed by atoms with Crippen LogP contribution in [0.25, 0.3) is 16.4 Å². The summed E-state index contributed by atoms with van der Waals surface area (Å²) in [6, 6.07) is 16.4. The van der Waals surface area contributed by atoms with E-state index in [1.807, 2.05) is 37.3 Å². The molecule has 0 aliphatic carbocycles. The summed E-state index contributed by atoms with van der Waals surface area (Å²) < 4.78 is 1.79. The number of aliphatic hydroxyl groups excluding tert-OH is 1. The molecule has 0 unspecified atom stereocenters. The molecule has 0 saturated carbocycles. The quantitative estimate of drug-likeness (QED) is 0.526. The first kappa shape index (κ1) is 19.3. The number of aliphatic hydroxyl groups is 1. The van der Waals surface area contributed by atoms with E-state index in [2.05, 4.69) is 59.6 Å². The van der Waals surface area contributed by atoms with Crippen molar-refractivity contribution >= 4 is 22.2 Å². The summed E-state index contributed by atoms with van der Waals surface area (Å²) in [5.41, 5.74) is 2.85. The van der Waals surface area contributed by atoms with Crippen LogP contribution in [0.5, 0.6) is 0 Å². The highest BCUT2D eigenvalue weighted by Gasteiger charge is 2.23. The number of nitrogens with one attached hydrogen (secondary N) is 1. The van der Waals surface area contributed by atoms with Gasteiger partial charge in [-0.25, -0.2) is 0 Å². The minimum absolute atomic E-state index is 0.0505. The van der Waals surface area contributed by atoms with Crippen molar-refractivity contribution in [2.24, 2.45) is 0 Å². The van der Waals surface area contributed by atoms with Crippen LogP contribution >= 0.6 is 0 Å². The van der Waals surface area contributed by atoms with Crippen LogP contribution in [0.4, 0.5) is 5.82 Å². The van der Waals surface area contributed by atoms with Gasteiger partial charge < -0.3 is 15.3 Å². The first-order valence-corrected chi connectivity index (χ1v) is 9.73. The molecule has 0 fully saturated rings. The van der Waals surface area contributed by atoms with Crippen LogP contribution in [0.1, 0.15) is 29.9 Å². The number of nitrogens with zero attached hydrogens (tertiary/aromatic N) is 5. The van der Waals surface area contributed by atoms with E-state index in [4.69, 9.17) is 5.10 Å². The van der Waals surface area contributed by atoms with Gasteiger partial charge in [-0.3, -0.25) is 0 Å². The van der Waals surface area contributed by atoms with Crippen molar-refractivity contribution in [1.82, 2.24) is 24.7 Å². The Balaban J connectivity index is 1.74. The normalized spacial score (nSPS) is 13.9. The van der Waals surface area contributed by atoms with Crippen molar-refractivity contribution < 1.29 is 5.11 Å². The fraction of sp³-hybridized carbons (Fsp3) is 0.318. The Labute approximate surface area is 170 Å². The zero-order valence-corrected chi connectivity index (χ0v) is 17.2. The van der Waals surface area contributed by atoms with Crippen LogP contribution < -0.4 is 5.32 Å². The van der Waals surface area contributed by atoms with Crippen molar-refractivity contribution in [3.8, 4) is 0 Å². The average Bonchev–Trinajstić information content (AvgIpc) is 3.09. The van der Waals surface area contributed by atoms with Gasteiger partial charge in [0.2, 0.25) is 0 Å². The molecule has 150 valence electrons. The summed E-state index contributed by atoms with van der Waals surface area (Å²) in [5, 5.41) is 28.3. The Kier molecular flexibility index (Phi) is 5.17. The number of hydrogen-bond acceptors (Lipinski definition) is 6. The monoisotopic (exact) mass is 390 g/mol. The van der Waals surface area contributed by atoms with Gasteiger partial charge in [-0.1, -0.05) is 48.5 Å². The summed E-state index contributed by atoms with van der Waals surface area (Å²) in [4.78, 5) is 2.19. The van der Waals surface area contributed by atoms with Gasteiger partial charge >= 0.3 is 0 Å². The molecule has 2 N–H and O–H groups in total. The molecule has 0 bridgehead atoms. The molecule has 0 saturated heterocycles. The molecule has 0 aliphatic rings. The molecule has 0 spiro atoms. The molecule has 7 nitrogen and oxygen atoms in total. The van der Waals surface area contributed by atoms with Gasteiger partial charge in [0.15, 0.2) is 17.3 Å². The highest BCUT2D eigenvalue weighted by atomic mass is 16.3. The lowest BCUT2D eigenvalue weighted by atomic mass is 9.98. The van der Waals surface area contributed by atoms with Gasteiger partial charge in [-0.2, -0.15) is 4.52 Å². The van der Waals surface area contributed by atoms with E-state index in [-0.39, 0.29) is 18.7 Å². The van der Waals surface area contributed by atoms with Gasteiger partial charge in [0.1, 0.15) is 0 Å². The molecular formula is C22H26N6O. The fourth-order valence-corrected chi connectivity index (χ4v) is 3.94. The average molecular weight is 390 g/mol. The summed E-state index contributed by atoms with van der Waals surface area (Å²) in [7, 11) is 4.14. The van der Waals surface area contributed by atoms with Crippen molar-refractivity contribution in [2.45, 2.75) is 32.5 Å². The van der Waals surface area contributed by atoms with Gasteiger partial charge in [0, 0.05) is 16.8 Å². The minimum Gasteiger partial charge on any atom is -0.392 e. The second-order valence-electron chi connectivity index (χ2n) is 7.62. The first-order chi connectivity index (χ1) is 14.0. The highest BCUT2D eigenvalue weighted by molar-refractivity contribution is 5.99. The predicted molar refractivity (Wildman–Crippen MR) is 115 cm³/mol. The molecule has 29 heavy (non-hydrogen) atoms. The number of fused-ring (bicyclic) bond motifs is 3. The Hall–Kier alpha value is -3.03. The topological polar surface area (TPSA) is 78.6 Å². The van der Waals surface area contributed by atoms with E-state index in [9.17, 15) is 5.11 Å². The van der Waals surface area contributed by atoms with Crippen molar-refractivity contribution in [3.63, 3.8) is 0 Å². The van der Waals surface area contributed by atoms with E-state index in [0.717, 1.165) is 33.6 Å². The van der Waals surface area contributed by atoms with Gasteiger partial charge in [0.25, 0.3) is 0 Å². The Morgan fingerprint density at radius 2 is 1.72 bits per heavy atom.